The average Bonchev–Trinajstić information content (AvgIpc) is 2.82. The largest absolute Gasteiger partial charge is 0.390 e. The quantitative estimate of drug-likeness (QED) is 0.775. The first-order valence-corrected chi connectivity index (χ1v) is 7.58. The summed E-state index contributed by atoms with van der Waals surface area (Å²) < 4.78 is 15.3. The Morgan fingerprint density at radius 2 is 1.91 bits per heavy atom. The van der Waals surface area contributed by atoms with Gasteiger partial charge in [-0.2, -0.15) is 0 Å². The summed E-state index contributed by atoms with van der Waals surface area (Å²) in [5.74, 6) is -0.206. The molecule has 2 N–H and O–H groups in total. The first kappa shape index (κ1) is 15.5. The van der Waals surface area contributed by atoms with Gasteiger partial charge in [-0.05, 0) is 61.7 Å². The summed E-state index contributed by atoms with van der Waals surface area (Å²) in [5.41, 5.74) is 6.22. The van der Waals surface area contributed by atoms with Crippen molar-refractivity contribution in [1.82, 2.24) is 9.38 Å². The third-order valence-corrected chi connectivity index (χ3v) is 4.22. The topological polar surface area (TPSA) is 49.6 Å². The molecule has 0 aliphatic heterocycles. The average molecular weight is 313 g/mol. The van der Waals surface area contributed by atoms with Crippen molar-refractivity contribution in [3.63, 3.8) is 0 Å². The number of aliphatic hydroxyl groups excluding tert-OH is 1. The molecule has 0 aliphatic carbocycles. The van der Waals surface area contributed by atoms with E-state index in [9.17, 15) is 9.50 Å². The van der Waals surface area contributed by atoms with Gasteiger partial charge >= 0.3 is 0 Å². The zero-order chi connectivity index (χ0) is 16.6. The molecule has 0 spiro atoms. The van der Waals surface area contributed by atoms with Crippen LogP contribution < -0.4 is 5.32 Å². The Morgan fingerprint density at radius 3 is 2.57 bits per heavy atom. The SMILES string of the molecule is Cc1cc(F)cc(C)c1CNc1cccn2c(CO)c(C)nc12. The smallest absolute Gasteiger partial charge is 0.160 e. The Morgan fingerprint density at radius 1 is 1.22 bits per heavy atom. The Hall–Kier alpha value is -2.40. The van der Waals surface area contributed by atoms with Crippen LogP contribution in [0.25, 0.3) is 5.65 Å². The lowest BCUT2D eigenvalue weighted by atomic mass is 10.0. The molecule has 0 radical (unpaired) electrons. The molecule has 2 heterocycles. The van der Waals surface area contributed by atoms with Crippen LogP contribution in [-0.2, 0) is 13.2 Å². The molecule has 0 amide bonds. The second-order valence-corrected chi connectivity index (χ2v) is 5.79. The highest BCUT2D eigenvalue weighted by Gasteiger charge is 2.11. The number of hydrogen-bond donors (Lipinski definition) is 2. The van der Waals surface area contributed by atoms with Crippen LogP contribution in [0.4, 0.5) is 10.1 Å². The molecule has 0 aliphatic rings. The van der Waals surface area contributed by atoms with Crippen LogP contribution in [0.3, 0.4) is 0 Å². The molecule has 0 saturated carbocycles. The van der Waals surface area contributed by atoms with Crippen molar-refractivity contribution in [2.24, 2.45) is 0 Å². The Balaban J connectivity index is 1.94. The fourth-order valence-electron chi connectivity index (χ4n) is 2.96. The summed E-state index contributed by atoms with van der Waals surface area (Å²) in [4.78, 5) is 4.54. The zero-order valence-corrected chi connectivity index (χ0v) is 13.5. The summed E-state index contributed by atoms with van der Waals surface area (Å²) in [6.07, 6.45) is 1.89. The highest BCUT2D eigenvalue weighted by Crippen LogP contribution is 2.22. The van der Waals surface area contributed by atoms with E-state index in [2.05, 4.69) is 10.3 Å². The first-order chi connectivity index (χ1) is 11.0. The number of nitrogens with zero attached hydrogens (tertiary/aromatic N) is 2. The van der Waals surface area contributed by atoms with E-state index in [4.69, 9.17) is 0 Å². The lowest BCUT2D eigenvalue weighted by Gasteiger charge is -2.13. The molecular weight excluding hydrogens is 293 g/mol. The molecule has 3 rings (SSSR count). The minimum absolute atomic E-state index is 0.0490. The second-order valence-electron chi connectivity index (χ2n) is 5.79. The van der Waals surface area contributed by atoms with E-state index in [1.165, 1.54) is 0 Å². The van der Waals surface area contributed by atoms with Gasteiger partial charge in [0.2, 0.25) is 0 Å². The fraction of sp³-hybridized carbons (Fsp3) is 0.278. The Kier molecular flexibility index (Phi) is 4.05. The van der Waals surface area contributed by atoms with Crippen LogP contribution >= 0.6 is 0 Å². The highest BCUT2D eigenvalue weighted by atomic mass is 19.1. The molecular formula is C18H20FN3O. The predicted octanol–water partition coefficient (Wildman–Crippen LogP) is 3.50. The molecule has 120 valence electrons. The second kappa shape index (κ2) is 6.01. The van der Waals surface area contributed by atoms with Crippen LogP contribution in [0.5, 0.6) is 0 Å². The maximum atomic E-state index is 13.4. The van der Waals surface area contributed by atoms with Crippen molar-refractivity contribution in [3.05, 3.63) is 64.4 Å². The van der Waals surface area contributed by atoms with E-state index in [-0.39, 0.29) is 12.4 Å². The normalized spacial score (nSPS) is 11.2. The Labute approximate surface area is 134 Å². The number of imidazole rings is 1. The van der Waals surface area contributed by atoms with Crippen molar-refractivity contribution in [2.45, 2.75) is 33.9 Å². The van der Waals surface area contributed by atoms with Gasteiger partial charge in [-0.3, -0.25) is 4.40 Å². The van der Waals surface area contributed by atoms with E-state index in [0.29, 0.717) is 6.54 Å². The summed E-state index contributed by atoms with van der Waals surface area (Å²) >= 11 is 0. The number of pyridine rings is 1. The van der Waals surface area contributed by atoms with Gasteiger partial charge < -0.3 is 10.4 Å². The minimum Gasteiger partial charge on any atom is -0.390 e. The van der Waals surface area contributed by atoms with Gasteiger partial charge in [0.15, 0.2) is 5.65 Å². The van der Waals surface area contributed by atoms with Gasteiger partial charge in [0.25, 0.3) is 0 Å². The lowest BCUT2D eigenvalue weighted by molar-refractivity contribution is 0.275. The molecule has 0 fully saturated rings. The third kappa shape index (κ3) is 2.80. The summed E-state index contributed by atoms with van der Waals surface area (Å²) in [6.45, 7) is 6.26. The van der Waals surface area contributed by atoms with Gasteiger partial charge in [0, 0.05) is 12.7 Å². The number of nitrogens with one attached hydrogen (secondary N) is 1. The van der Waals surface area contributed by atoms with Gasteiger partial charge in [0.05, 0.1) is 23.7 Å². The van der Waals surface area contributed by atoms with Crippen molar-refractivity contribution in [3.8, 4) is 0 Å². The maximum absolute atomic E-state index is 13.4. The van der Waals surface area contributed by atoms with Crippen molar-refractivity contribution in [1.29, 1.82) is 0 Å². The molecule has 0 atom stereocenters. The number of halogens is 1. The molecule has 2 aromatic heterocycles. The fourth-order valence-corrected chi connectivity index (χ4v) is 2.96. The maximum Gasteiger partial charge on any atom is 0.160 e. The van der Waals surface area contributed by atoms with Gasteiger partial charge in [-0.1, -0.05) is 0 Å². The van der Waals surface area contributed by atoms with Crippen LogP contribution in [-0.4, -0.2) is 14.5 Å². The molecule has 23 heavy (non-hydrogen) atoms. The third-order valence-electron chi connectivity index (χ3n) is 4.22. The first-order valence-electron chi connectivity index (χ1n) is 7.58. The van der Waals surface area contributed by atoms with Crippen molar-refractivity contribution >= 4 is 11.3 Å². The van der Waals surface area contributed by atoms with Crippen LogP contribution in [0.15, 0.2) is 30.5 Å². The van der Waals surface area contributed by atoms with E-state index in [1.807, 2.05) is 43.5 Å². The molecule has 0 bridgehead atoms. The number of anilines is 1. The molecule has 0 saturated heterocycles. The molecule has 0 unspecified atom stereocenters. The van der Waals surface area contributed by atoms with Crippen LogP contribution in [0.1, 0.15) is 28.1 Å². The number of rotatable bonds is 4. The predicted molar refractivity (Wildman–Crippen MR) is 89.1 cm³/mol. The number of hydrogen-bond acceptors (Lipinski definition) is 3. The van der Waals surface area contributed by atoms with Crippen molar-refractivity contribution < 1.29 is 9.50 Å². The van der Waals surface area contributed by atoms with E-state index >= 15 is 0 Å². The number of aryl methyl sites for hydroxylation is 3. The summed E-state index contributed by atoms with van der Waals surface area (Å²) in [6, 6.07) is 6.97. The summed E-state index contributed by atoms with van der Waals surface area (Å²) in [5, 5.41) is 12.9. The number of benzene rings is 1. The highest BCUT2D eigenvalue weighted by molar-refractivity contribution is 5.68. The monoisotopic (exact) mass is 313 g/mol. The molecule has 1 aromatic carbocycles. The molecule has 5 heteroatoms. The summed E-state index contributed by atoms with van der Waals surface area (Å²) in [7, 11) is 0. The molecule has 3 aromatic rings. The van der Waals surface area contributed by atoms with Crippen molar-refractivity contribution in [2.75, 3.05) is 5.32 Å². The van der Waals surface area contributed by atoms with Gasteiger partial charge in [-0.25, -0.2) is 9.37 Å². The minimum atomic E-state index is -0.206. The molecule has 4 nitrogen and oxygen atoms in total. The van der Waals surface area contributed by atoms with Crippen LogP contribution in [0.2, 0.25) is 0 Å². The van der Waals surface area contributed by atoms with Crippen LogP contribution in [0, 0.1) is 26.6 Å². The van der Waals surface area contributed by atoms with E-state index < -0.39 is 0 Å². The Bertz CT molecular complexity index is 847. The number of aliphatic hydroxyl groups is 1. The van der Waals surface area contributed by atoms with E-state index in [0.717, 1.165) is 39.4 Å². The van der Waals surface area contributed by atoms with Gasteiger partial charge in [-0.15, -0.1) is 0 Å². The zero-order valence-electron chi connectivity index (χ0n) is 13.5. The number of fused-ring (bicyclic) bond motifs is 1. The van der Waals surface area contributed by atoms with Gasteiger partial charge in [0.1, 0.15) is 5.82 Å². The lowest BCUT2D eigenvalue weighted by Crippen LogP contribution is -2.06. The standard InChI is InChI=1S/C18H20FN3O/c1-11-7-14(19)8-12(2)15(11)9-20-16-5-4-6-22-17(10-23)13(3)21-18(16)22/h4-8,20,23H,9-10H2,1-3H3. The number of aromatic nitrogens is 2. The van der Waals surface area contributed by atoms with E-state index in [1.54, 1.807) is 12.1 Å².